The van der Waals surface area contributed by atoms with Gasteiger partial charge in [0, 0.05) is 6.92 Å². The molecule has 0 fully saturated rings. The van der Waals surface area contributed by atoms with Gasteiger partial charge in [0.15, 0.2) is 0 Å². The number of hydrogen-bond acceptors (Lipinski definition) is 3. The second-order valence-corrected chi connectivity index (χ2v) is 2.40. The van der Waals surface area contributed by atoms with Gasteiger partial charge in [0.25, 0.3) is 0 Å². The van der Waals surface area contributed by atoms with E-state index < -0.39 is 0 Å². The third-order valence-corrected chi connectivity index (χ3v) is 1.34. The van der Waals surface area contributed by atoms with Gasteiger partial charge >= 0.3 is 5.97 Å². The molecular weight excluding hydrogens is 154 g/mol. The molecule has 0 bridgehead atoms. The topological polar surface area (TPSA) is 38.3 Å². The monoisotopic (exact) mass is 165 g/mol. The zero-order valence-corrected chi connectivity index (χ0v) is 6.91. The summed E-state index contributed by atoms with van der Waals surface area (Å²) in [6.07, 6.45) is 0. The highest BCUT2D eigenvalue weighted by molar-refractivity contribution is 5.65. The van der Waals surface area contributed by atoms with Crippen molar-refractivity contribution in [3.63, 3.8) is 0 Å². The van der Waals surface area contributed by atoms with Gasteiger partial charge in [-0.05, 0) is 5.56 Å². The zero-order chi connectivity index (χ0) is 8.81. The van der Waals surface area contributed by atoms with Gasteiger partial charge in [0.2, 0.25) is 0 Å². The van der Waals surface area contributed by atoms with Crippen LogP contribution in [0.1, 0.15) is 12.5 Å². The van der Waals surface area contributed by atoms with Gasteiger partial charge < -0.3 is 4.84 Å². The lowest BCUT2D eigenvalue weighted by molar-refractivity contribution is -0.148. The molecule has 3 heteroatoms. The third kappa shape index (κ3) is 3.16. The molecule has 0 aliphatic heterocycles. The molecule has 1 aromatic carbocycles. The smallest absolute Gasteiger partial charge is 0.321 e. The lowest BCUT2D eigenvalue weighted by Gasteiger charge is -2.02. The summed E-state index contributed by atoms with van der Waals surface area (Å²) in [5.74, 6) is -0.328. The largest absolute Gasteiger partial charge is 0.371 e. The van der Waals surface area contributed by atoms with Crippen LogP contribution in [-0.4, -0.2) is 5.97 Å². The van der Waals surface area contributed by atoms with Gasteiger partial charge in [-0.15, -0.1) is 5.48 Å². The minimum absolute atomic E-state index is 0.328. The quantitative estimate of drug-likeness (QED) is 0.685. The molecule has 0 aromatic heterocycles. The van der Waals surface area contributed by atoms with E-state index in [9.17, 15) is 4.79 Å². The molecule has 64 valence electrons. The second-order valence-electron chi connectivity index (χ2n) is 2.40. The standard InChI is InChI=1S/C9H11NO2/c1-8(11)12-10-7-9-5-3-2-4-6-9/h2-6,10H,7H2,1H3. The zero-order valence-electron chi connectivity index (χ0n) is 6.91. The molecule has 0 heterocycles. The first-order chi connectivity index (χ1) is 5.79. The number of hydroxylamine groups is 1. The summed E-state index contributed by atoms with van der Waals surface area (Å²) in [7, 11) is 0. The van der Waals surface area contributed by atoms with Crippen molar-refractivity contribution in [3.8, 4) is 0 Å². The van der Waals surface area contributed by atoms with Crippen molar-refractivity contribution in [2.24, 2.45) is 0 Å². The van der Waals surface area contributed by atoms with Crippen LogP contribution in [0.25, 0.3) is 0 Å². The molecule has 0 radical (unpaired) electrons. The van der Waals surface area contributed by atoms with Gasteiger partial charge in [-0.3, -0.25) is 4.79 Å². The number of carbonyl (C=O) groups is 1. The Morgan fingerprint density at radius 3 is 2.67 bits per heavy atom. The summed E-state index contributed by atoms with van der Waals surface area (Å²) in [6.45, 7) is 1.90. The Labute approximate surface area is 71.3 Å². The van der Waals surface area contributed by atoms with Gasteiger partial charge in [-0.25, -0.2) is 0 Å². The van der Waals surface area contributed by atoms with E-state index in [-0.39, 0.29) is 5.97 Å². The van der Waals surface area contributed by atoms with Crippen molar-refractivity contribution in [2.75, 3.05) is 0 Å². The van der Waals surface area contributed by atoms with Crippen LogP contribution in [0.2, 0.25) is 0 Å². The van der Waals surface area contributed by atoms with Crippen LogP contribution >= 0.6 is 0 Å². The molecule has 0 atom stereocenters. The first-order valence-corrected chi connectivity index (χ1v) is 3.73. The summed E-state index contributed by atoms with van der Waals surface area (Å²) < 4.78 is 0. The number of benzene rings is 1. The van der Waals surface area contributed by atoms with Crippen LogP contribution in [0.5, 0.6) is 0 Å². The summed E-state index contributed by atoms with van der Waals surface area (Å²) >= 11 is 0. The maximum Gasteiger partial charge on any atom is 0.321 e. The lowest BCUT2D eigenvalue weighted by atomic mass is 10.2. The van der Waals surface area contributed by atoms with Crippen LogP contribution in [0.4, 0.5) is 0 Å². The van der Waals surface area contributed by atoms with Gasteiger partial charge in [0.05, 0.1) is 6.54 Å². The highest BCUT2D eigenvalue weighted by atomic mass is 16.7. The minimum Gasteiger partial charge on any atom is -0.371 e. The Morgan fingerprint density at radius 1 is 1.42 bits per heavy atom. The maximum absolute atomic E-state index is 10.3. The molecule has 1 aromatic rings. The predicted octanol–water partition coefficient (Wildman–Crippen LogP) is 1.25. The van der Waals surface area contributed by atoms with Crippen molar-refractivity contribution in [1.82, 2.24) is 5.48 Å². The number of rotatable bonds is 3. The van der Waals surface area contributed by atoms with Crippen LogP contribution < -0.4 is 5.48 Å². The van der Waals surface area contributed by atoms with Crippen LogP contribution in [0.15, 0.2) is 30.3 Å². The van der Waals surface area contributed by atoms with Crippen molar-refractivity contribution in [1.29, 1.82) is 0 Å². The van der Waals surface area contributed by atoms with Crippen LogP contribution in [0.3, 0.4) is 0 Å². The van der Waals surface area contributed by atoms with Crippen LogP contribution in [0, 0.1) is 0 Å². The van der Waals surface area contributed by atoms with Gasteiger partial charge in [0.1, 0.15) is 0 Å². The molecule has 0 saturated carbocycles. The van der Waals surface area contributed by atoms with Crippen LogP contribution in [-0.2, 0) is 16.2 Å². The van der Waals surface area contributed by atoms with Crippen molar-refractivity contribution in [3.05, 3.63) is 35.9 Å². The Bertz CT molecular complexity index is 246. The summed E-state index contributed by atoms with van der Waals surface area (Å²) in [4.78, 5) is 14.9. The second kappa shape index (κ2) is 4.51. The predicted molar refractivity (Wildman–Crippen MR) is 45.0 cm³/mol. The molecule has 0 aliphatic rings. The third-order valence-electron chi connectivity index (χ3n) is 1.34. The van der Waals surface area contributed by atoms with E-state index >= 15 is 0 Å². The number of hydrogen-bond donors (Lipinski definition) is 1. The molecule has 0 aliphatic carbocycles. The van der Waals surface area contributed by atoms with E-state index in [0.29, 0.717) is 6.54 Å². The minimum atomic E-state index is -0.328. The molecule has 0 amide bonds. The normalized spacial score (nSPS) is 9.42. The molecule has 12 heavy (non-hydrogen) atoms. The van der Waals surface area contributed by atoms with Crippen molar-refractivity contribution < 1.29 is 9.63 Å². The lowest BCUT2D eigenvalue weighted by Crippen LogP contribution is -2.17. The average Bonchev–Trinajstić information content (AvgIpc) is 2.05. The fraction of sp³-hybridized carbons (Fsp3) is 0.222. The Kier molecular flexibility index (Phi) is 3.29. The molecule has 1 N–H and O–H groups in total. The first-order valence-electron chi connectivity index (χ1n) is 3.73. The number of carbonyl (C=O) groups excluding carboxylic acids is 1. The highest BCUT2D eigenvalue weighted by Gasteiger charge is 1.92. The van der Waals surface area contributed by atoms with Crippen molar-refractivity contribution >= 4 is 5.97 Å². The molecule has 0 saturated heterocycles. The Balaban J connectivity index is 2.29. The van der Waals surface area contributed by atoms with E-state index in [1.54, 1.807) is 0 Å². The number of nitrogens with one attached hydrogen (secondary N) is 1. The molecular formula is C9H11NO2. The van der Waals surface area contributed by atoms with E-state index in [4.69, 9.17) is 0 Å². The van der Waals surface area contributed by atoms with Gasteiger partial charge in [-0.2, -0.15) is 0 Å². The van der Waals surface area contributed by atoms with E-state index in [1.807, 2.05) is 30.3 Å². The fourth-order valence-electron chi connectivity index (χ4n) is 0.817. The summed E-state index contributed by atoms with van der Waals surface area (Å²) in [6, 6.07) is 9.72. The average molecular weight is 165 g/mol. The Hall–Kier alpha value is -1.35. The molecule has 0 spiro atoms. The first kappa shape index (κ1) is 8.74. The Morgan fingerprint density at radius 2 is 2.08 bits per heavy atom. The maximum atomic E-state index is 10.3. The summed E-state index contributed by atoms with van der Waals surface area (Å²) in [5, 5.41) is 0. The molecule has 3 nitrogen and oxygen atoms in total. The van der Waals surface area contributed by atoms with E-state index in [1.165, 1.54) is 6.92 Å². The van der Waals surface area contributed by atoms with Crippen molar-refractivity contribution in [2.45, 2.75) is 13.5 Å². The van der Waals surface area contributed by atoms with Gasteiger partial charge in [-0.1, -0.05) is 30.3 Å². The molecule has 1 rings (SSSR count). The fourth-order valence-corrected chi connectivity index (χ4v) is 0.817. The van der Waals surface area contributed by atoms with E-state index in [0.717, 1.165) is 5.56 Å². The van der Waals surface area contributed by atoms with E-state index in [2.05, 4.69) is 10.3 Å². The molecule has 0 unspecified atom stereocenters. The highest BCUT2D eigenvalue weighted by Crippen LogP contribution is 1.96. The summed E-state index contributed by atoms with van der Waals surface area (Å²) in [5.41, 5.74) is 3.63. The SMILES string of the molecule is CC(=O)ONCc1ccccc1.